The van der Waals surface area contributed by atoms with E-state index in [4.69, 9.17) is 15.2 Å². The van der Waals surface area contributed by atoms with Crippen molar-refractivity contribution in [3.05, 3.63) is 23.5 Å². The number of nitrogens with two attached hydrogens (primary N) is 1. The molecule has 0 aliphatic carbocycles. The lowest BCUT2D eigenvalue weighted by atomic mass is 10.1. The third-order valence-electron chi connectivity index (χ3n) is 3.22. The molecule has 1 aliphatic heterocycles. The molecule has 110 valence electrons. The predicted octanol–water partition coefficient (Wildman–Crippen LogP) is 1.02. The number of nitrogens with one attached hydrogen (secondary N) is 1. The van der Waals surface area contributed by atoms with Crippen LogP contribution in [0.4, 0.5) is 15.8 Å². The molecule has 1 aliphatic rings. The number of carbonyl (C=O) groups is 1. The molecule has 1 aromatic carbocycles. The van der Waals surface area contributed by atoms with Gasteiger partial charge in [0.25, 0.3) is 0 Å². The van der Waals surface area contributed by atoms with Crippen LogP contribution in [0.1, 0.15) is 10.4 Å². The summed E-state index contributed by atoms with van der Waals surface area (Å²) in [5.74, 6) is -1.30. The average molecular weight is 284 g/mol. The lowest BCUT2D eigenvalue weighted by Crippen LogP contribution is -2.33. The predicted molar refractivity (Wildman–Crippen MR) is 71.2 cm³/mol. The fourth-order valence-electron chi connectivity index (χ4n) is 2.07. The van der Waals surface area contributed by atoms with Crippen LogP contribution in [0.25, 0.3) is 0 Å². The number of nitrogen functional groups attached to an aromatic ring is 1. The fourth-order valence-corrected chi connectivity index (χ4v) is 2.07. The van der Waals surface area contributed by atoms with Gasteiger partial charge in [0.1, 0.15) is 11.9 Å². The quantitative estimate of drug-likeness (QED) is 0.634. The van der Waals surface area contributed by atoms with Crippen LogP contribution in [0, 0.1) is 5.82 Å². The molecule has 0 radical (unpaired) electrons. The van der Waals surface area contributed by atoms with Crippen LogP contribution in [0.3, 0.4) is 0 Å². The second kappa shape index (κ2) is 6.06. The fraction of sp³-hybridized carbons (Fsp3) is 0.462. The number of rotatable bonds is 4. The molecule has 1 aromatic rings. The number of methoxy groups -OCH3 is 2. The SMILES string of the molecule is COC(=O)c1cc(F)c(N)c(N[C@H]2COCC2OC)c1. The van der Waals surface area contributed by atoms with Gasteiger partial charge in [-0.05, 0) is 12.1 Å². The molecular weight excluding hydrogens is 267 g/mol. The van der Waals surface area contributed by atoms with E-state index < -0.39 is 11.8 Å². The first-order valence-corrected chi connectivity index (χ1v) is 6.11. The Kier molecular flexibility index (Phi) is 4.41. The molecule has 0 bridgehead atoms. The van der Waals surface area contributed by atoms with Crippen molar-refractivity contribution < 1.29 is 23.4 Å². The molecule has 3 N–H and O–H groups in total. The van der Waals surface area contributed by atoms with Crippen LogP contribution in [0.5, 0.6) is 0 Å². The van der Waals surface area contributed by atoms with E-state index in [0.717, 1.165) is 6.07 Å². The Labute approximate surface area is 116 Å². The van der Waals surface area contributed by atoms with E-state index in [2.05, 4.69) is 10.1 Å². The summed E-state index contributed by atoms with van der Waals surface area (Å²) in [6.07, 6.45) is -0.153. The monoisotopic (exact) mass is 284 g/mol. The van der Waals surface area contributed by atoms with E-state index >= 15 is 0 Å². The lowest BCUT2D eigenvalue weighted by molar-refractivity contribution is 0.0600. The summed E-state index contributed by atoms with van der Waals surface area (Å²) in [4.78, 5) is 11.5. The van der Waals surface area contributed by atoms with Crippen molar-refractivity contribution in [2.75, 3.05) is 38.5 Å². The number of anilines is 2. The zero-order valence-electron chi connectivity index (χ0n) is 11.3. The van der Waals surface area contributed by atoms with Gasteiger partial charge in [0, 0.05) is 7.11 Å². The summed E-state index contributed by atoms with van der Waals surface area (Å²) in [5.41, 5.74) is 6.05. The molecule has 0 saturated carbocycles. The molecule has 2 rings (SSSR count). The Bertz CT molecular complexity index is 509. The van der Waals surface area contributed by atoms with Gasteiger partial charge in [-0.15, -0.1) is 0 Å². The molecule has 20 heavy (non-hydrogen) atoms. The van der Waals surface area contributed by atoms with Gasteiger partial charge in [-0.3, -0.25) is 0 Å². The number of benzene rings is 1. The highest BCUT2D eigenvalue weighted by Gasteiger charge is 2.29. The van der Waals surface area contributed by atoms with Crippen LogP contribution in [0.15, 0.2) is 12.1 Å². The van der Waals surface area contributed by atoms with Crippen molar-refractivity contribution in [3.63, 3.8) is 0 Å². The third-order valence-corrected chi connectivity index (χ3v) is 3.22. The Hall–Kier alpha value is -1.86. The normalized spacial score (nSPS) is 21.8. The van der Waals surface area contributed by atoms with Gasteiger partial charge in [-0.25, -0.2) is 9.18 Å². The van der Waals surface area contributed by atoms with E-state index in [-0.39, 0.29) is 23.4 Å². The van der Waals surface area contributed by atoms with Crippen molar-refractivity contribution in [2.24, 2.45) is 0 Å². The summed E-state index contributed by atoms with van der Waals surface area (Å²) < 4.78 is 28.9. The van der Waals surface area contributed by atoms with E-state index in [1.807, 2.05) is 0 Å². The van der Waals surface area contributed by atoms with Crippen molar-refractivity contribution in [2.45, 2.75) is 12.1 Å². The first kappa shape index (κ1) is 14.5. The van der Waals surface area contributed by atoms with E-state index in [0.29, 0.717) is 18.9 Å². The molecule has 1 unspecified atom stereocenters. The molecule has 7 heteroatoms. The highest BCUT2D eigenvalue weighted by atomic mass is 19.1. The minimum absolute atomic E-state index is 0.0561. The Balaban J connectivity index is 2.26. The van der Waals surface area contributed by atoms with Gasteiger partial charge in [-0.2, -0.15) is 0 Å². The Morgan fingerprint density at radius 2 is 2.20 bits per heavy atom. The first-order valence-electron chi connectivity index (χ1n) is 6.11. The van der Waals surface area contributed by atoms with Gasteiger partial charge in [-0.1, -0.05) is 0 Å². The maximum atomic E-state index is 13.8. The summed E-state index contributed by atoms with van der Waals surface area (Å²) in [7, 11) is 2.80. The molecule has 6 nitrogen and oxygen atoms in total. The number of hydrogen-bond donors (Lipinski definition) is 2. The summed E-state index contributed by atoms with van der Waals surface area (Å²) in [6, 6.07) is 2.34. The smallest absolute Gasteiger partial charge is 0.338 e. The van der Waals surface area contributed by atoms with Crippen molar-refractivity contribution in [1.82, 2.24) is 0 Å². The van der Waals surface area contributed by atoms with E-state index in [9.17, 15) is 9.18 Å². The number of esters is 1. The van der Waals surface area contributed by atoms with Gasteiger partial charge < -0.3 is 25.3 Å². The minimum atomic E-state index is -0.678. The highest BCUT2D eigenvalue weighted by molar-refractivity contribution is 5.92. The largest absolute Gasteiger partial charge is 0.465 e. The van der Waals surface area contributed by atoms with Gasteiger partial charge in [0.05, 0.1) is 43.3 Å². The summed E-state index contributed by atoms with van der Waals surface area (Å²) >= 11 is 0. The molecular formula is C13H17FN2O4. The molecule has 0 amide bonds. The van der Waals surface area contributed by atoms with Crippen molar-refractivity contribution >= 4 is 17.3 Å². The second-order valence-corrected chi connectivity index (χ2v) is 4.47. The molecule has 1 fully saturated rings. The molecule has 0 aromatic heterocycles. The number of ether oxygens (including phenoxy) is 3. The van der Waals surface area contributed by atoms with E-state index in [1.54, 1.807) is 7.11 Å². The van der Waals surface area contributed by atoms with Gasteiger partial charge >= 0.3 is 5.97 Å². The highest BCUT2D eigenvalue weighted by Crippen LogP contribution is 2.27. The maximum Gasteiger partial charge on any atom is 0.338 e. The average Bonchev–Trinajstić information content (AvgIpc) is 2.89. The number of carbonyl (C=O) groups excluding carboxylic acids is 1. The van der Waals surface area contributed by atoms with Crippen molar-refractivity contribution in [1.29, 1.82) is 0 Å². The van der Waals surface area contributed by atoms with Gasteiger partial charge in [0.2, 0.25) is 0 Å². The minimum Gasteiger partial charge on any atom is -0.465 e. The van der Waals surface area contributed by atoms with Crippen LogP contribution in [-0.4, -0.2) is 45.5 Å². The standard InChI is InChI=1S/C13H17FN2O4/c1-18-11-6-20-5-10(11)16-9-4-7(13(17)19-2)3-8(14)12(9)15/h3-4,10-11,16H,5-6,15H2,1-2H3/t10-,11?/m0/s1. The Morgan fingerprint density at radius 1 is 1.45 bits per heavy atom. The van der Waals surface area contributed by atoms with Crippen LogP contribution >= 0.6 is 0 Å². The zero-order chi connectivity index (χ0) is 14.7. The number of hydrogen-bond acceptors (Lipinski definition) is 6. The molecule has 1 heterocycles. The number of halogens is 1. The van der Waals surface area contributed by atoms with E-state index in [1.165, 1.54) is 13.2 Å². The first-order chi connectivity index (χ1) is 9.56. The topological polar surface area (TPSA) is 82.8 Å². The molecule has 0 spiro atoms. The second-order valence-electron chi connectivity index (χ2n) is 4.47. The summed E-state index contributed by atoms with van der Waals surface area (Å²) in [6.45, 7) is 0.870. The third kappa shape index (κ3) is 2.83. The maximum absolute atomic E-state index is 13.8. The van der Waals surface area contributed by atoms with Crippen LogP contribution in [0.2, 0.25) is 0 Å². The lowest BCUT2D eigenvalue weighted by Gasteiger charge is -2.20. The molecule has 2 atom stereocenters. The van der Waals surface area contributed by atoms with Crippen molar-refractivity contribution in [3.8, 4) is 0 Å². The Morgan fingerprint density at radius 3 is 2.85 bits per heavy atom. The summed E-state index contributed by atoms with van der Waals surface area (Å²) in [5, 5.41) is 3.05. The van der Waals surface area contributed by atoms with Gasteiger partial charge in [0.15, 0.2) is 0 Å². The van der Waals surface area contributed by atoms with Crippen LogP contribution in [-0.2, 0) is 14.2 Å². The molecule has 1 saturated heterocycles. The van der Waals surface area contributed by atoms with Crippen LogP contribution < -0.4 is 11.1 Å². The zero-order valence-corrected chi connectivity index (χ0v) is 11.3.